The summed E-state index contributed by atoms with van der Waals surface area (Å²) >= 11 is 0. The van der Waals surface area contributed by atoms with E-state index >= 15 is 0 Å². The van der Waals surface area contributed by atoms with Crippen LogP contribution in [0.5, 0.6) is 5.75 Å². The highest BCUT2D eigenvalue weighted by Gasteiger charge is 2.44. The summed E-state index contributed by atoms with van der Waals surface area (Å²) in [5.74, 6) is 3.34. The van der Waals surface area contributed by atoms with E-state index in [2.05, 4.69) is 394 Å². The molecule has 0 radical (unpaired) electrons. The summed E-state index contributed by atoms with van der Waals surface area (Å²) in [5, 5.41) is 18.3. The number of ether oxygens (including phenoxy) is 3. The first kappa shape index (κ1) is 96.2. The van der Waals surface area contributed by atoms with Crippen LogP contribution in [0.2, 0.25) is 0 Å². The van der Waals surface area contributed by atoms with Gasteiger partial charge in [0.25, 0.3) is 0 Å². The molecule has 6 nitrogen and oxygen atoms in total. The molecule has 12 aromatic rings. The van der Waals surface area contributed by atoms with Crippen molar-refractivity contribution in [2.75, 3.05) is 65.5 Å². The number of rotatable bonds is 19. The van der Waals surface area contributed by atoms with Crippen molar-refractivity contribution in [2.45, 2.75) is 118 Å². The molecule has 2 aliphatic rings. The maximum absolute atomic E-state index is 6.61. The number of hydrogen-bond donors (Lipinski definition) is 1. The molecule has 13 atom stereocenters. The lowest BCUT2D eigenvalue weighted by Crippen LogP contribution is -2.33. The topological polar surface area (TPSA) is 56.1 Å². The molecule has 1 saturated carbocycles. The summed E-state index contributed by atoms with van der Waals surface area (Å²) in [4.78, 5) is 2.10. The van der Waals surface area contributed by atoms with E-state index in [0.717, 1.165) is 64.1 Å². The third-order valence-corrected chi connectivity index (χ3v) is 31.9. The minimum atomic E-state index is -0.585. The van der Waals surface area contributed by atoms with Crippen LogP contribution in [0.1, 0.15) is 94.7 Å². The van der Waals surface area contributed by atoms with Crippen LogP contribution >= 0.6 is 77.2 Å². The first-order valence-corrected chi connectivity index (χ1v) is 50.7. The van der Waals surface area contributed by atoms with Crippen molar-refractivity contribution in [1.82, 2.24) is 5.32 Å². The molecular formula is C100H129N2O4P9. The van der Waals surface area contributed by atoms with E-state index in [1.807, 2.05) is 57.5 Å². The van der Waals surface area contributed by atoms with Crippen molar-refractivity contribution in [3.63, 3.8) is 0 Å². The number of para-hydroxylation sites is 2. The number of nitrogens with zero attached hydrogens (tertiary/aromatic N) is 1. The predicted octanol–water partition coefficient (Wildman–Crippen LogP) is 21.0. The van der Waals surface area contributed by atoms with Crippen molar-refractivity contribution < 1.29 is 18.6 Å². The molecule has 0 bridgehead atoms. The SMILES string of the molecule is CC1(C)OC(CP(c2ccccc2)c2ccccc2)[C@H](CP(c2ccccc2)c2ccccc2)O1.CN(C)c1ccccc1P.CN[C@H](C)c1ccccc1PC.COc1ccccc1P(C)c1ccccc1.CP[C@H]1CC(C)CC[C@H]1C(C)C.Cc1cc(C)cc(P)c1.Cc1cc(C)cc(Pc2ccccc2)c1.Pc1ccco1. The number of methoxy groups -OCH3 is 1. The van der Waals surface area contributed by atoms with Gasteiger partial charge < -0.3 is 28.8 Å². The standard InChI is InChI=1S/C31H32O2P2.C14H15OP.C14H15P.C11H23P.C10H16NP.C8H12NP.C8H11P.C4H5OP/c1-31(2)32-29(23-34(25-15-7-3-8-16-25)26-17-9-4-10-18-26)30(33-31)24-35(27-19-11-5-12-20-27)28-21-13-6-14-22-28;1-15-13-10-6-7-11-14(13)16(2)12-8-4-3-5-9-12;1-11-8-12(2)10-14(9-11)15-13-6-4-3-5-7-13;1-8(2)10-6-5-9(3)7-11(10)12-4;1-8(11-2)9-6-4-5-7-10(9)12-3;1-9(2)7-5-3-4-6-8(7)10;1-6-3-7(2)5-8(9)4-6;6-4-2-1-3-5-4/h3-22,29-30H,23-24H2,1-2H3;3-11H,1-2H3;3-10,15H,1-2H3;8-12H,5-7H2,1-4H3;4-8,11-12H,1-3H3;3-6H,10H2,1-2H3;3-5H,9H2,1-2H3;1-3H,6H2/t29-,30?;;;9?,10-,11-;8-;;;/m0..01.../s1. The highest BCUT2D eigenvalue weighted by Crippen LogP contribution is 2.45. The molecule has 2 heterocycles. The Hall–Kier alpha value is -5.95. The van der Waals surface area contributed by atoms with Gasteiger partial charge in [0.1, 0.15) is 11.3 Å². The summed E-state index contributed by atoms with van der Waals surface area (Å²) in [6.07, 6.45) is 8.07. The molecule has 15 heteroatoms. The number of hydrogen-bond acceptors (Lipinski definition) is 6. The third kappa shape index (κ3) is 34.0. The Labute approximate surface area is 710 Å². The Morgan fingerprint density at radius 3 is 1.36 bits per heavy atom. The zero-order chi connectivity index (χ0) is 83.1. The van der Waals surface area contributed by atoms with Crippen molar-refractivity contribution in [2.24, 2.45) is 17.8 Å². The van der Waals surface area contributed by atoms with Crippen molar-refractivity contribution in [3.8, 4) is 5.75 Å². The first-order chi connectivity index (χ1) is 55.4. The lowest BCUT2D eigenvalue weighted by molar-refractivity contribution is -0.142. The summed E-state index contributed by atoms with van der Waals surface area (Å²) in [7, 11) is 17.1. The van der Waals surface area contributed by atoms with Gasteiger partial charge in [-0.25, -0.2) is 0 Å². The van der Waals surface area contributed by atoms with Crippen molar-refractivity contribution >= 4 is 147 Å². The van der Waals surface area contributed by atoms with Crippen LogP contribution in [0.4, 0.5) is 5.69 Å². The summed E-state index contributed by atoms with van der Waals surface area (Å²) in [6.45, 7) is 28.9. The van der Waals surface area contributed by atoms with Gasteiger partial charge in [-0.1, -0.05) is 355 Å². The lowest BCUT2D eigenvalue weighted by atomic mass is 9.77. The van der Waals surface area contributed by atoms with Gasteiger partial charge in [0.2, 0.25) is 0 Å². The van der Waals surface area contributed by atoms with E-state index in [1.165, 1.54) is 120 Å². The highest BCUT2D eigenvalue weighted by atomic mass is 31.1. The van der Waals surface area contributed by atoms with E-state index in [9.17, 15) is 0 Å². The van der Waals surface area contributed by atoms with Gasteiger partial charge >= 0.3 is 0 Å². The number of anilines is 1. The van der Waals surface area contributed by atoms with E-state index in [4.69, 9.17) is 18.6 Å². The normalized spacial score (nSPS) is 16.5. The van der Waals surface area contributed by atoms with Crippen LogP contribution in [0.25, 0.3) is 0 Å². The van der Waals surface area contributed by atoms with Crippen LogP contribution in [0, 0.1) is 45.4 Å². The number of benzene rings is 11. The molecule has 115 heavy (non-hydrogen) atoms. The maximum atomic E-state index is 6.61. The molecule has 1 N–H and O–H groups in total. The van der Waals surface area contributed by atoms with Crippen LogP contribution in [0.3, 0.4) is 0 Å². The first-order valence-electron chi connectivity index (χ1n) is 40.1. The quantitative estimate of drug-likeness (QED) is 0.0815. The Bertz CT molecular complexity index is 4380. The fourth-order valence-corrected chi connectivity index (χ4v) is 25.7. The second-order valence-electron chi connectivity index (χ2n) is 30.2. The van der Waals surface area contributed by atoms with E-state index in [-0.39, 0.29) is 20.1 Å². The number of nitrogens with one attached hydrogen (secondary N) is 1. The van der Waals surface area contributed by atoms with Gasteiger partial charge in [0.15, 0.2) is 5.79 Å². The van der Waals surface area contributed by atoms with Gasteiger partial charge in [-0.3, -0.25) is 0 Å². The molecular weight excluding hydrogens is 1570 g/mol. The van der Waals surface area contributed by atoms with Crippen LogP contribution in [-0.2, 0) is 9.47 Å². The zero-order valence-electron chi connectivity index (χ0n) is 71.2. The van der Waals surface area contributed by atoms with E-state index in [1.54, 1.807) is 13.4 Å². The van der Waals surface area contributed by atoms with Gasteiger partial charge in [-0.2, -0.15) is 0 Å². The molecule has 1 saturated heterocycles. The summed E-state index contributed by atoms with van der Waals surface area (Å²) in [5.41, 5.74) is 10.00. The maximum Gasteiger partial charge on any atom is 0.163 e. The third-order valence-electron chi connectivity index (χ3n) is 19.9. The van der Waals surface area contributed by atoms with Crippen molar-refractivity contribution in [3.05, 3.63) is 337 Å². The van der Waals surface area contributed by atoms with Gasteiger partial charge in [-0.15, -0.1) is 27.1 Å². The van der Waals surface area contributed by atoms with Crippen LogP contribution in [0.15, 0.2) is 314 Å². The molecule has 1 aliphatic carbocycles. The summed E-state index contributed by atoms with van der Waals surface area (Å²) < 4.78 is 23.4. The average Bonchev–Trinajstić information content (AvgIpc) is 1.19. The Balaban J connectivity index is 0.000000195. The Kier molecular flexibility index (Phi) is 43.6. The molecule has 608 valence electrons. The molecule has 1 aromatic heterocycles. The van der Waals surface area contributed by atoms with Crippen LogP contribution in [-0.4, -0.2) is 84.2 Å². The second-order valence-corrected chi connectivity index (χ2v) is 42.4. The largest absolute Gasteiger partial charge is 0.496 e. The minimum Gasteiger partial charge on any atom is -0.496 e. The minimum absolute atomic E-state index is 0.0361. The smallest absolute Gasteiger partial charge is 0.163 e. The van der Waals surface area contributed by atoms with Gasteiger partial charge in [-0.05, 0) is 218 Å². The highest BCUT2D eigenvalue weighted by molar-refractivity contribution is 7.73. The van der Waals surface area contributed by atoms with Crippen LogP contribution < -0.4 is 78.8 Å². The fraction of sp³-hybridized carbons (Fsp3) is 0.300. The van der Waals surface area contributed by atoms with E-state index in [0.29, 0.717) is 6.04 Å². The summed E-state index contributed by atoms with van der Waals surface area (Å²) in [6, 6.07) is 107. The molecule has 9 unspecified atom stereocenters. The zero-order valence-corrected chi connectivity index (χ0v) is 80.3. The molecule has 1 aliphatic heterocycles. The molecule has 2 fully saturated rings. The molecule has 0 spiro atoms. The average molecular weight is 1700 g/mol. The lowest BCUT2D eigenvalue weighted by Gasteiger charge is -2.36. The van der Waals surface area contributed by atoms with Gasteiger partial charge in [0, 0.05) is 43.5 Å². The molecule has 14 rings (SSSR count). The monoisotopic (exact) mass is 1700 g/mol. The van der Waals surface area contributed by atoms with E-state index < -0.39 is 21.6 Å². The second kappa shape index (κ2) is 52.2. The molecule has 0 amide bonds. The number of furan rings is 1. The fourth-order valence-electron chi connectivity index (χ4n) is 14.2. The molecule has 11 aromatic carbocycles. The Morgan fingerprint density at radius 2 is 0.957 bits per heavy atom. The van der Waals surface area contributed by atoms with Crippen molar-refractivity contribution in [1.29, 1.82) is 0 Å². The number of aryl methyl sites for hydroxylation is 4. The Morgan fingerprint density at radius 1 is 0.522 bits per heavy atom. The van der Waals surface area contributed by atoms with Gasteiger partial charge in [0.05, 0.1) is 25.6 Å². The predicted molar refractivity (Wildman–Crippen MR) is 534 cm³/mol.